The number of aromatic nitrogens is 3. The summed E-state index contributed by atoms with van der Waals surface area (Å²) >= 11 is 2.59. The molecule has 2 rings (SSSR count). The van der Waals surface area contributed by atoms with Crippen molar-refractivity contribution in [3.8, 4) is 0 Å². The predicted octanol–water partition coefficient (Wildman–Crippen LogP) is 2.14. The van der Waals surface area contributed by atoms with Gasteiger partial charge < -0.3 is 10.3 Å². The monoisotopic (exact) mass is 284 g/mol. The highest BCUT2D eigenvalue weighted by Gasteiger charge is 2.05. The maximum Gasteiger partial charge on any atom is 0.304 e. The van der Waals surface area contributed by atoms with Crippen LogP contribution in [0.15, 0.2) is 10.2 Å². The van der Waals surface area contributed by atoms with Crippen LogP contribution in [0, 0.1) is 5.92 Å². The first-order valence-electron chi connectivity index (χ1n) is 5.86. The highest BCUT2D eigenvalue weighted by atomic mass is 32.1. The van der Waals surface area contributed by atoms with Crippen molar-refractivity contribution >= 4 is 28.0 Å². The molecular weight excluding hydrogens is 268 g/mol. The molecule has 0 atom stereocenters. The third kappa shape index (κ3) is 3.92. The van der Waals surface area contributed by atoms with Crippen LogP contribution >= 0.6 is 22.9 Å². The van der Waals surface area contributed by atoms with Gasteiger partial charge in [-0.2, -0.15) is 4.37 Å². The van der Waals surface area contributed by atoms with Crippen LogP contribution in [0.2, 0.25) is 0 Å². The standard InChI is InChI=1S/C11H16N4OS2/c1-7(2)5-9-14-10(18-15-9)12-4-3-8-6-17-11(16)13-8/h6-7H,3-5H2,1-2H3,(H,13,16)(H,12,14,15). The van der Waals surface area contributed by atoms with Crippen molar-refractivity contribution in [2.75, 3.05) is 11.9 Å². The number of thiazole rings is 1. The summed E-state index contributed by atoms with van der Waals surface area (Å²) in [5.74, 6) is 1.48. The molecule has 0 fully saturated rings. The number of hydrogen-bond acceptors (Lipinski definition) is 6. The Morgan fingerprint density at radius 1 is 1.50 bits per heavy atom. The normalized spacial score (nSPS) is 11.1. The summed E-state index contributed by atoms with van der Waals surface area (Å²) in [5, 5.41) is 5.93. The SMILES string of the molecule is CC(C)Cc1nsc(NCCc2csc(=O)[nH]2)n1. The average molecular weight is 284 g/mol. The summed E-state index contributed by atoms with van der Waals surface area (Å²) < 4.78 is 4.30. The number of rotatable bonds is 6. The number of hydrogen-bond donors (Lipinski definition) is 2. The van der Waals surface area contributed by atoms with Crippen LogP contribution in [-0.2, 0) is 12.8 Å². The lowest BCUT2D eigenvalue weighted by molar-refractivity contribution is 0.627. The molecule has 0 unspecified atom stereocenters. The zero-order chi connectivity index (χ0) is 13.0. The van der Waals surface area contributed by atoms with Crippen LogP contribution in [0.1, 0.15) is 25.4 Å². The Hall–Kier alpha value is -1.21. The van der Waals surface area contributed by atoms with E-state index in [-0.39, 0.29) is 4.87 Å². The van der Waals surface area contributed by atoms with Crippen LogP contribution < -0.4 is 10.2 Å². The van der Waals surface area contributed by atoms with Crippen LogP contribution in [0.5, 0.6) is 0 Å². The van der Waals surface area contributed by atoms with Crippen LogP contribution in [-0.4, -0.2) is 20.9 Å². The van der Waals surface area contributed by atoms with Crippen molar-refractivity contribution in [3.05, 3.63) is 26.6 Å². The quantitative estimate of drug-likeness (QED) is 0.852. The van der Waals surface area contributed by atoms with E-state index in [1.165, 1.54) is 22.9 Å². The van der Waals surface area contributed by atoms with E-state index < -0.39 is 0 Å². The lowest BCUT2D eigenvalue weighted by Gasteiger charge is -2.00. The number of anilines is 1. The molecule has 2 aromatic heterocycles. The molecule has 0 radical (unpaired) electrons. The second kappa shape index (κ2) is 6.10. The van der Waals surface area contributed by atoms with Crippen LogP contribution in [0.25, 0.3) is 0 Å². The van der Waals surface area contributed by atoms with Crippen LogP contribution in [0.4, 0.5) is 5.13 Å². The molecule has 0 aliphatic carbocycles. The molecular formula is C11H16N4OS2. The molecule has 98 valence electrons. The molecule has 0 aromatic carbocycles. The van der Waals surface area contributed by atoms with Crippen molar-refractivity contribution < 1.29 is 0 Å². The summed E-state index contributed by atoms with van der Waals surface area (Å²) in [6.45, 7) is 5.06. The Labute approximate surface area is 113 Å². The van der Waals surface area contributed by atoms with E-state index in [2.05, 4.69) is 33.5 Å². The Bertz CT molecular complexity index is 543. The molecule has 0 saturated carbocycles. The summed E-state index contributed by atoms with van der Waals surface area (Å²) in [6, 6.07) is 0. The molecule has 5 nitrogen and oxygen atoms in total. The fraction of sp³-hybridized carbons (Fsp3) is 0.545. The van der Waals surface area contributed by atoms with E-state index in [4.69, 9.17) is 0 Å². The molecule has 0 bridgehead atoms. The number of H-pyrrole nitrogens is 1. The van der Waals surface area contributed by atoms with Gasteiger partial charge in [-0.3, -0.25) is 4.79 Å². The molecule has 2 aromatic rings. The molecule has 18 heavy (non-hydrogen) atoms. The zero-order valence-electron chi connectivity index (χ0n) is 10.4. The predicted molar refractivity (Wildman–Crippen MR) is 75.6 cm³/mol. The molecule has 0 amide bonds. The lowest BCUT2D eigenvalue weighted by Crippen LogP contribution is -2.06. The third-order valence-electron chi connectivity index (χ3n) is 2.30. The number of nitrogens with one attached hydrogen (secondary N) is 2. The summed E-state index contributed by atoms with van der Waals surface area (Å²) in [5.41, 5.74) is 0.962. The first-order valence-corrected chi connectivity index (χ1v) is 7.52. The second-order valence-corrected chi connectivity index (χ2v) is 6.06. The van der Waals surface area contributed by atoms with Gasteiger partial charge in [-0.15, -0.1) is 0 Å². The van der Waals surface area contributed by atoms with Gasteiger partial charge >= 0.3 is 4.87 Å². The molecule has 0 aliphatic heterocycles. The molecule has 2 N–H and O–H groups in total. The fourth-order valence-corrected chi connectivity index (χ4v) is 2.75. The van der Waals surface area contributed by atoms with Crippen molar-refractivity contribution in [1.82, 2.24) is 14.3 Å². The summed E-state index contributed by atoms with van der Waals surface area (Å²) in [6.07, 6.45) is 1.70. The second-order valence-electron chi connectivity index (χ2n) is 4.46. The van der Waals surface area contributed by atoms with Gasteiger partial charge in [-0.25, -0.2) is 4.98 Å². The molecule has 0 aliphatic rings. The Morgan fingerprint density at radius 2 is 2.33 bits per heavy atom. The third-order valence-corrected chi connectivity index (χ3v) is 3.73. The molecule has 2 heterocycles. The van der Waals surface area contributed by atoms with E-state index in [1.54, 1.807) is 0 Å². The zero-order valence-corrected chi connectivity index (χ0v) is 12.0. The summed E-state index contributed by atoms with van der Waals surface area (Å²) in [7, 11) is 0. The topological polar surface area (TPSA) is 70.7 Å². The van der Waals surface area contributed by atoms with Gasteiger partial charge in [0.1, 0.15) is 5.82 Å². The minimum absolute atomic E-state index is 0.000125. The van der Waals surface area contributed by atoms with Gasteiger partial charge in [0.25, 0.3) is 0 Å². The highest BCUT2D eigenvalue weighted by molar-refractivity contribution is 7.09. The maximum atomic E-state index is 11.0. The molecule has 0 spiro atoms. The Morgan fingerprint density at radius 3 is 3.00 bits per heavy atom. The van der Waals surface area contributed by atoms with E-state index in [1.807, 2.05) is 5.38 Å². The minimum atomic E-state index is 0.000125. The van der Waals surface area contributed by atoms with Gasteiger partial charge in [0, 0.05) is 42.0 Å². The smallest absolute Gasteiger partial charge is 0.304 e. The van der Waals surface area contributed by atoms with Crippen molar-refractivity contribution in [2.24, 2.45) is 5.92 Å². The van der Waals surface area contributed by atoms with Crippen molar-refractivity contribution in [2.45, 2.75) is 26.7 Å². The molecule has 0 saturated heterocycles. The number of nitrogens with zero attached hydrogens (tertiary/aromatic N) is 2. The number of aromatic amines is 1. The van der Waals surface area contributed by atoms with Gasteiger partial charge in [-0.05, 0) is 5.92 Å². The van der Waals surface area contributed by atoms with E-state index in [0.29, 0.717) is 5.92 Å². The first kappa shape index (κ1) is 13.2. The van der Waals surface area contributed by atoms with E-state index in [9.17, 15) is 4.79 Å². The van der Waals surface area contributed by atoms with Crippen LogP contribution in [0.3, 0.4) is 0 Å². The lowest BCUT2D eigenvalue weighted by atomic mass is 10.1. The average Bonchev–Trinajstić information content (AvgIpc) is 2.88. The van der Waals surface area contributed by atoms with Gasteiger partial charge in [0.15, 0.2) is 0 Å². The summed E-state index contributed by atoms with van der Waals surface area (Å²) in [4.78, 5) is 18.1. The van der Waals surface area contributed by atoms with Gasteiger partial charge in [0.2, 0.25) is 5.13 Å². The Balaban J connectivity index is 1.79. The van der Waals surface area contributed by atoms with E-state index >= 15 is 0 Å². The van der Waals surface area contributed by atoms with Gasteiger partial charge in [-0.1, -0.05) is 25.2 Å². The van der Waals surface area contributed by atoms with Gasteiger partial charge in [0.05, 0.1) is 0 Å². The highest BCUT2D eigenvalue weighted by Crippen LogP contribution is 2.13. The Kier molecular flexibility index (Phi) is 4.48. The fourth-order valence-electron chi connectivity index (χ4n) is 1.51. The van der Waals surface area contributed by atoms with Crippen molar-refractivity contribution in [1.29, 1.82) is 0 Å². The molecule has 7 heteroatoms. The first-order chi connectivity index (χ1) is 8.63. The minimum Gasteiger partial charge on any atom is -0.360 e. The maximum absolute atomic E-state index is 11.0. The van der Waals surface area contributed by atoms with Crippen molar-refractivity contribution in [3.63, 3.8) is 0 Å². The van der Waals surface area contributed by atoms with E-state index in [0.717, 1.165) is 36.0 Å². The largest absolute Gasteiger partial charge is 0.360 e.